The number of rotatable bonds is 4. The van der Waals surface area contributed by atoms with Gasteiger partial charge in [-0.15, -0.1) is 4.83 Å². The number of hydrogen-bond acceptors (Lipinski definition) is 5. The first-order chi connectivity index (χ1) is 7.59. The second-order valence-electron chi connectivity index (χ2n) is 2.82. The van der Waals surface area contributed by atoms with Crippen molar-refractivity contribution >= 4 is 42.0 Å². The monoisotopic (exact) mass is 346 g/mol. The van der Waals surface area contributed by atoms with Crippen LogP contribution in [0.2, 0.25) is 0 Å². The summed E-state index contributed by atoms with van der Waals surface area (Å²) in [5.74, 6) is 0. The first-order valence-corrected chi connectivity index (χ1v) is 7.54. The van der Waals surface area contributed by atoms with Crippen LogP contribution in [0.4, 0.5) is 5.69 Å². The Morgan fingerprint density at radius 1 is 1.12 bits per heavy atom. The molecule has 0 bridgehead atoms. The molecule has 1 aromatic carbocycles. The number of benzene rings is 1. The smallest absolute Gasteiger partial charge is 0.305 e. The lowest BCUT2D eigenvalue weighted by Crippen LogP contribution is -2.28. The maximum Gasteiger partial charge on any atom is 0.350 e. The summed E-state index contributed by atoms with van der Waals surface area (Å²) < 4.78 is 59.6. The van der Waals surface area contributed by atoms with E-state index in [1.807, 2.05) is 0 Å². The predicted molar refractivity (Wildman–Crippen MR) is 62.3 cm³/mol. The maximum atomic E-state index is 10.8. The van der Waals surface area contributed by atoms with Crippen LogP contribution in [0.5, 0.6) is 0 Å². The van der Waals surface area contributed by atoms with E-state index in [-0.39, 0.29) is 15.1 Å². The molecule has 0 saturated carbocycles. The number of halogens is 1. The van der Waals surface area contributed by atoms with Gasteiger partial charge in [-0.25, -0.2) is 0 Å². The fraction of sp³-hybridized carbons (Fsp3) is 0. The van der Waals surface area contributed by atoms with Crippen molar-refractivity contribution in [2.24, 2.45) is 0 Å². The fourth-order valence-electron chi connectivity index (χ4n) is 0.877. The van der Waals surface area contributed by atoms with E-state index in [1.54, 1.807) is 4.83 Å². The van der Waals surface area contributed by atoms with Crippen molar-refractivity contribution in [1.29, 1.82) is 0 Å². The zero-order chi connectivity index (χ0) is 13.3. The normalized spacial score (nSPS) is 12.4. The van der Waals surface area contributed by atoms with Gasteiger partial charge in [0.25, 0.3) is 10.1 Å². The van der Waals surface area contributed by atoms with Gasteiger partial charge in [-0.05, 0) is 34.1 Å². The van der Waals surface area contributed by atoms with Crippen LogP contribution in [0.25, 0.3) is 0 Å². The second-order valence-corrected chi connectivity index (χ2v) is 6.25. The van der Waals surface area contributed by atoms with E-state index in [4.69, 9.17) is 9.11 Å². The summed E-state index contributed by atoms with van der Waals surface area (Å²) in [6, 6.07) is 3.29. The van der Waals surface area contributed by atoms with Gasteiger partial charge in [0.2, 0.25) is 0 Å². The Morgan fingerprint density at radius 2 is 1.71 bits per heavy atom. The molecule has 0 aromatic heterocycles. The third kappa shape index (κ3) is 4.57. The largest absolute Gasteiger partial charge is 0.350 e. The minimum Gasteiger partial charge on any atom is -0.305 e. The zero-order valence-corrected chi connectivity index (χ0v) is 11.2. The Hall–Kier alpha value is -0.720. The minimum atomic E-state index is -4.43. The molecular weight excluding hydrogens is 340 g/mol. The molecule has 0 heterocycles. The third-order valence-corrected chi connectivity index (χ3v) is 3.42. The summed E-state index contributed by atoms with van der Waals surface area (Å²) in [5, 5.41) is 0. The van der Waals surface area contributed by atoms with Gasteiger partial charge in [-0.1, -0.05) is 0 Å². The van der Waals surface area contributed by atoms with E-state index in [9.17, 15) is 16.8 Å². The molecule has 11 heteroatoms. The highest BCUT2D eigenvalue weighted by Gasteiger charge is 2.12. The molecule has 0 aliphatic heterocycles. The fourth-order valence-corrected chi connectivity index (χ4v) is 2.25. The molecule has 4 N–H and O–H groups in total. The van der Waals surface area contributed by atoms with Gasteiger partial charge in [0.15, 0.2) is 0 Å². The SMILES string of the molecule is O=S(=O)(O)NNc1ccc(S(=O)(=O)O)cc1Br. The molecule has 0 radical (unpaired) electrons. The van der Waals surface area contributed by atoms with Gasteiger partial charge in [0.1, 0.15) is 0 Å². The van der Waals surface area contributed by atoms with Gasteiger partial charge in [0, 0.05) is 4.47 Å². The van der Waals surface area contributed by atoms with E-state index in [1.165, 1.54) is 6.07 Å². The molecular formula is C6H7BrN2O6S2. The van der Waals surface area contributed by atoms with Crippen LogP contribution in [0.3, 0.4) is 0 Å². The molecule has 0 spiro atoms. The highest BCUT2D eigenvalue weighted by atomic mass is 79.9. The van der Waals surface area contributed by atoms with Crippen LogP contribution in [0.1, 0.15) is 0 Å². The van der Waals surface area contributed by atoms with Crippen LogP contribution in [0, 0.1) is 0 Å². The third-order valence-electron chi connectivity index (χ3n) is 1.55. The van der Waals surface area contributed by atoms with Gasteiger partial charge in [0.05, 0.1) is 10.6 Å². The highest BCUT2D eigenvalue weighted by molar-refractivity contribution is 9.10. The Labute approximate surface area is 106 Å². The van der Waals surface area contributed by atoms with Crippen molar-refractivity contribution in [1.82, 2.24) is 4.83 Å². The van der Waals surface area contributed by atoms with Crippen LogP contribution in [-0.4, -0.2) is 25.9 Å². The van der Waals surface area contributed by atoms with Crippen LogP contribution >= 0.6 is 15.9 Å². The Balaban J connectivity index is 2.99. The Morgan fingerprint density at radius 3 is 2.12 bits per heavy atom. The van der Waals surface area contributed by atoms with E-state index in [0.29, 0.717) is 0 Å². The summed E-state index contributed by atoms with van der Waals surface area (Å²) in [6.45, 7) is 0. The number of nitrogens with one attached hydrogen (secondary N) is 2. The van der Waals surface area contributed by atoms with Crippen LogP contribution < -0.4 is 10.3 Å². The van der Waals surface area contributed by atoms with E-state index < -0.39 is 20.4 Å². The Bertz CT molecular complexity index is 626. The maximum absolute atomic E-state index is 10.8. The summed E-state index contributed by atoms with van der Waals surface area (Å²) in [6.07, 6.45) is 0. The summed E-state index contributed by atoms with van der Waals surface area (Å²) in [4.78, 5) is 1.21. The first kappa shape index (κ1) is 14.3. The van der Waals surface area contributed by atoms with Gasteiger partial charge < -0.3 is 5.43 Å². The molecule has 17 heavy (non-hydrogen) atoms. The average Bonchev–Trinajstić information content (AvgIpc) is 2.12. The second kappa shape index (κ2) is 4.88. The van der Waals surface area contributed by atoms with Gasteiger partial charge >= 0.3 is 10.3 Å². The van der Waals surface area contributed by atoms with E-state index >= 15 is 0 Å². The molecule has 96 valence electrons. The lowest BCUT2D eigenvalue weighted by Gasteiger charge is -2.08. The molecule has 1 aromatic rings. The van der Waals surface area contributed by atoms with Crippen molar-refractivity contribution in [3.63, 3.8) is 0 Å². The van der Waals surface area contributed by atoms with Crippen molar-refractivity contribution in [3.05, 3.63) is 22.7 Å². The summed E-state index contributed by atoms with van der Waals surface area (Å²) >= 11 is 2.95. The topological polar surface area (TPSA) is 133 Å². The van der Waals surface area contributed by atoms with Crippen molar-refractivity contribution in [3.8, 4) is 0 Å². The lowest BCUT2D eigenvalue weighted by molar-refractivity contribution is 0.472. The van der Waals surface area contributed by atoms with E-state index in [0.717, 1.165) is 12.1 Å². The van der Waals surface area contributed by atoms with Gasteiger partial charge in [-0.3, -0.25) is 9.11 Å². The number of hydrazine groups is 1. The molecule has 8 nitrogen and oxygen atoms in total. The van der Waals surface area contributed by atoms with Gasteiger partial charge in [-0.2, -0.15) is 16.8 Å². The van der Waals surface area contributed by atoms with Crippen LogP contribution in [0.15, 0.2) is 27.6 Å². The van der Waals surface area contributed by atoms with Crippen molar-refractivity contribution in [2.45, 2.75) is 4.90 Å². The quantitative estimate of drug-likeness (QED) is 0.458. The summed E-state index contributed by atoms with van der Waals surface area (Å²) in [5.41, 5.74) is 2.27. The van der Waals surface area contributed by atoms with E-state index in [2.05, 4.69) is 21.4 Å². The first-order valence-electron chi connectivity index (χ1n) is 3.87. The van der Waals surface area contributed by atoms with Crippen LogP contribution in [-0.2, 0) is 20.4 Å². The Kier molecular flexibility index (Phi) is 4.11. The molecule has 0 atom stereocenters. The minimum absolute atomic E-state index is 0.148. The average molecular weight is 347 g/mol. The molecule has 0 aliphatic carbocycles. The molecule has 0 unspecified atom stereocenters. The lowest BCUT2D eigenvalue weighted by atomic mass is 10.3. The summed E-state index contributed by atoms with van der Waals surface area (Å²) in [7, 11) is -8.76. The predicted octanol–water partition coefficient (Wildman–Crippen LogP) is 0.415. The van der Waals surface area contributed by atoms with Crippen molar-refractivity contribution in [2.75, 3.05) is 5.43 Å². The molecule has 1 rings (SSSR count). The number of anilines is 1. The zero-order valence-electron chi connectivity index (χ0n) is 7.95. The standard InChI is InChI=1S/C6H7BrN2O6S2/c7-5-3-4(16(10,11)12)1-2-6(5)8-9-17(13,14)15/h1-3,8-9H,(H,10,11,12)(H,13,14,15). The molecule has 0 aliphatic rings. The molecule has 0 saturated heterocycles. The molecule has 0 amide bonds. The molecule has 0 fully saturated rings. The van der Waals surface area contributed by atoms with Crippen molar-refractivity contribution < 1.29 is 25.9 Å². The number of hydrogen-bond donors (Lipinski definition) is 4. The highest BCUT2D eigenvalue weighted by Crippen LogP contribution is 2.25.